The monoisotopic (exact) mass is 327 g/mol. The van der Waals surface area contributed by atoms with Gasteiger partial charge in [-0.15, -0.1) is 0 Å². The molecule has 0 N–H and O–H groups in total. The number of amides is 1. The van der Waals surface area contributed by atoms with Gasteiger partial charge in [0.2, 0.25) is 5.91 Å². The second kappa shape index (κ2) is 5.18. The van der Waals surface area contributed by atoms with Crippen LogP contribution < -0.4 is 4.90 Å². The molecule has 3 aliphatic rings. The number of hydrogen-bond donors (Lipinski definition) is 0. The summed E-state index contributed by atoms with van der Waals surface area (Å²) in [5.41, 5.74) is 1.23. The summed E-state index contributed by atoms with van der Waals surface area (Å²) in [6, 6.07) is 7.82. The Hall–Kier alpha value is -2.14. The summed E-state index contributed by atoms with van der Waals surface area (Å²) in [4.78, 5) is 27.3. The van der Waals surface area contributed by atoms with Crippen LogP contribution in [0.1, 0.15) is 19.4 Å². The number of hydrogen-bond acceptors (Lipinski definition) is 4. The van der Waals surface area contributed by atoms with Crippen molar-refractivity contribution in [3.8, 4) is 0 Å². The van der Waals surface area contributed by atoms with Gasteiger partial charge in [0.05, 0.1) is 24.7 Å². The summed E-state index contributed by atoms with van der Waals surface area (Å²) < 4.78 is 11.5. The van der Waals surface area contributed by atoms with E-state index in [0.29, 0.717) is 6.54 Å². The van der Waals surface area contributed by atoms with Gasteiger partial charge in [-0.05, 0) is 38.5 Å². The molecule has 3 aliphatic heterocycles. The van der Waals surface area contributed by atoms with Crippen molar-refractivity contribution in [2.75, 3.05) is 11.4 Å². The van der Waals surface area contributed by atoms with E-state index in [9.17, 15) is 9.59 Å². The van der Waals surface area contributed by atoms with Gasteiger partial charge in [-0.25, -0.2) is 0 Å². The Labute approximate surface area is 141 Å². The number of carbonyl (C=O) groups excluding carboxylic acids is 2. The van der Waals surface area contributed by atoms with Crippen LogP contribution in [0.3, 0.4) is 0 Å². The second-order valence-electron chi connectivity index (χ2n) is 7.15. The first-order chi connectivity index (χ1) is 11.4. The molecule has 1 aromatic carbocycles. The number of aryl methyl sites for hydroxylation is 1. The predicted molar refractivity (Wildman–Crippen MR) is 88.5 cm³/mol. The van der Waals surface area contributed by atoms with E-state index in [-0.39, 0.29) is 24.1 Å². The summed E-state index contributed by atoms with van der Waals surface area (Å²) in [6.07, 6.45) is 3.29. The number of ether oxygens (including phenoxy) is 2. The molecule has 1 aromatic rings. The predicted octanol–water partition coefficient (Wildman–Crippen LogP) is 2.23. The normalized spacial score (nSPS) is 33.4. The molecule has 0 aromatic heterocycles. The summed E-state index contributed by atoms with van der Waals surface area (Å²) in [5.74, 6) is -1.46. The highest BCUT2D eigenvalue weighted by atomic mass is 16.6. The molecule has 2 bridgehead atoms. The third-order valence-corrected chi connectivity index (χ3v) is 5.04. The van der Waals surface area contributed by atoms with Crippen molar-refractivity contribution in [3.05, 3.63) is 42.0 Å². The standard InChI is InChI=1S/C19H21NO4/c1-11(2)23-18(22)15-14-7-8-19(24-14)10-20(17(21)16(15)19)13-6-4-5-12(3)9-13/h4-9,11,14-16H,10H2,1-3H3/t14-,15?,16+,19-/m1/s1. The molecule has 1 spiro atoms. The Kier molecular flexibility index (Phi) is 3.32. The van der Waals surface area contributed by atoms with Gasteiger partial charge in [0.25, 0.3) is 0 Å². The lowest BCUT2D eigenvalue weighted by atomic mass is 9.77. The molecule has 1 unspecified atom stereocenters. The second-order valence-corrected chi connectivity index (χ2v) is 7.15. The van der Waals surface area contributed by atoms with Gasteiger partial charge in [-0.1, -0.05) is 24.3 Å². The Bertz CT molecular complexity index is 741. The summed E-state index contributed by atoms with van der Waals surface area (Å²) in [6.45, 7) is 6.06. The Morgan fingerprint density at radius 3 is 2.92 bits per heavy atom. The van der Waals surface area contributed by atoms with Gasteiger partial charge in [0, 0.05) is 5.69 Å². The van der Waals surface area contributed by atoms with Gasteiger partial charge in [0.15, 0.2) is 0 Å². The number of anilines is 1. The number of benzene rings is 1. The SMILES string of the molecule is Cc1cccc(N2C[C@@]34C=C[C@@H](O3)C(C(=O)OC(C)C)[C@H]4C2=O)c1. The van der Waals surface area contributed by atoms with Crippen molar-refractivity contribution in [1.29, 1.82) is 0 Å². The molecule has 2 saturated heterocycles. The smallest absolute Gasteiger partial charge is 0.313 e. The maximum absolute atomic E-state index is 13.1. The van der Waals surface area contributed by atoms with Crippen LogP contribution in [0.4, 0.5) is 5.69 Å². The number of esters is 1. The van der Waals surface area contributed by atoms with Crippen LogP contribution in [0, 0.1) is 18.8 Å². The fourth-order valence-electron chi connectivity index (χ4n) is 4.09. The quantitative estimate of drug-likeness (QED) is 0.631. The minimum Gasteiger partial charge on any atom is -0.463 e. The summed E-state index contributed by atoms with van der Waals surface area (Å²) in [5, 5.41) is 0. The minimum absolute atomic E-state index is 0.0573. The molecule has 4 atom stereocenters. The lowest BCUT2D eigenvalue weighted by molar-refractivity contribution is -0.156. The van der Waals surface area contributed by atoms with Crippen LogP contribution in [0.15, 0.2) is 36.4 Å². The van der Waals surface area contributed by atoms with Crippen molar-refractivity contribution in [2.45, 2.75) is 38.6 Å². The summed E-state index contributed by atoms with van der Waals surface area (Å²) in [7, 11) is 0. The van der Waals surface area contributed by atoms with Crippen LogP contribution in [0.2, 0.25) is 0 Å². The lowest BCUT2D eigenvalue weighted by Gasteiger charge is -2.23. The topological polar surface area (TPSA) is 55.8 Å². The molecule has 5 heteroatoms. The fraction of sp³-hybridized carbons (Fsp3) is 0.474. The molecule has 0 aliphatic carbocycles. The third-order valence-electron chi connectivity index (χ3n) is 5.04. The molecular formula is C19H21NO4. The van der Waals surface area contributed by atoms with E-state index in [1.54, 1.807) is 4.90 Å². The molecule has 3 heterocycles. The van der Waals surface area contributed by atoms with Crippen molar-refractivity contribution in [3.63, 3.8) is 0 Å². The van der Waals surface area contributed by atoms with Crippen LogP contribution in [0.25, 0.3) is 0 Å². The molecule has 1 amide bonds. The molecule has 0 saturated carbocycles. The molecule has 0 radical (unpaired) electrons. The van der Waals surface area contributed by atoms with Gasteiger partial charge in [-0.2, -0.15) is 0 Å². The van der Waals surface area contributed by atoms with Crippen molar-refractivity contribution in [2.24, 2.45) is 11.8 Å². The zero-order valence-electron chi connectivity index (χ0n) is 14.1. The average Bonchev–Trinajstić information content (AvgIpc) is 3.15. The first-order valence-corrected chi connectivity index (χ1v) is 8.37. The highest BCUT2D eigenvalue weighted by Gasteiger charge is 2.67. The largest absolute Gasteiger partial charge is 0.463 e. The maximum Gasteiger partial charge on any atom is 0.313 e. The van der Waals surface area contributed by atoms with Crippen molar-refractivity contribution in [1.82, 2.24) is 0 Å². The van der Waals surface area contributed by atoms with E-state index in [4.69, 9.17) is 9.47 Å². The fourth-order valence-corrected chi connectivity index (χ4v) is 4.09. The van der Waals surface area contributed by atoms with E-state index in [1.165, 1.54) is 0 Å². The van der Waals surface area contributed by atoms with E-state index in [1.807, 2.05) is 57.2 Å². The Balaban J connectivity index is 1.68. The third kappa shape index (κ3) is 2.11. The van der Waals surface area contributed by atoms with Crippen LogP contribution >= 0.6 is 0 Å². The van der Waals surface area contributed by atoms with E-state index in [2.05, 4.69) is 0 Å². The van der Waals surface area contributed by atoms with E-state index in [0.717, 1.165) is 11.3 Å². The molecule has 126 valence electrons. The lowest BCUT2D eigenvalue weighted by Crippen LogP contribution is -2.40. The van der Waals surface area contributed by atoms with Gasteiger partial charge < -0.3 is 14.4 Å². The van der Waals surface area contributed by atoms with E-state index < -0.39 is 17.4 Å². The zero-order valence-corrected chi connectivity index (χ0v) is 14.1. The number of nitrogens with zero attached hydrogens (tertiary/aromatic N) is 1. The maximum atomic E-state index is 13.1. The highest BCUT2D eigenvalue weighted by molar-refractivity contribution is 6.02. The van der Waals surface area contributed by atoms with Gasteiger partial charge in [0.1, 0.15) is 11.5 Å². The van der Waals surface area contributed by atoms with E-state index >= 15 is 0 Å². The molecule has 2 fully saturated rings. The number of carbonyl (C=O) groups is 2. The average molecular weight is 327 g/mol. The Morgan fingerprint density at radius 2 is 2.21 bits per heavy atom. The molecule has 4 rings (SSSR count). The highest BCUT2D eigenvalue weighted by Crippen LogP contribution is 2.52. The van der Waals surface area contributed by atoms with Gasteiger partial charge in [-0.3, -0.25) is 9.59 Å². The molecular weight excluding hydrogens is 306 g/mol. The molecule has 5 nitrogen and oxygen atoms in total. The number of rotatable bonds is 3. The van der Waals surface area contributed by atoms with Crippen molar-refractivity contribution < 1.29 is 19.1 Å². The molecule has 24 heavy (non-hydrogen) atoms. The first kappa shape index (κ1) is 15.4. The summed E-state index contributed by atoms with van der Waals surface area (Å²) >= 11 is 0. The van der Waals surface area contributed by atoms with Crippen molar-refractivity contribution >= 4 is 17.6 Å². The Morgan fingerprint density at radius 1 is 1.42 bits per heavy atom. The minimum atomic E-state index is -0.702. The zero-order chi connectivity index (χ0) is 17.1. The van der Waals surface area contributed by atoms with Gasteiger partial charge >= 0.3 is 5.97 Å². The number of fused-ring (bicyclic) bond motifs is 1. The van der Waals surface area contributed by atoms with Crippen LogP contribution in [-0.2, 0) is 19.1 Å². The van der Waals surface area contributed by atoms with Crippen LogP contribution in [-0.4, -0.2) is 36.2 Å². The van der Waals surface area contributed by atoms with Crippen LogP contribution in [0.5, 0.6) is 0 Å². The first-order valence-electron chi connectivity index (χ1n) is 8.37.